The standard InChI is InChI=1S/C20H21N3O4S/c1-15-18(23-13-3-2-6-19(23)21-15)14-27-20(24)16-7-9-17(10-8-16)28(25,26)22-11-4-5-12-22/h2-3,6-10,13H,4-5,11-12,14H2,1H3. The van der Waals surface area contributed by atoms with Crippen molar-refractivity contribution < 1.29 is 17.9 Å². The van der Waals surface area contributed by atoms with Crippen molar-refractivity contribution >= 4 is 21.6 Å². The Balaban J connectivity index is 1.47. The molecule has 28 heavy (non-hydrogen) atoms. The number of carbonyl (C=O) groups is 1. The maximum absolute atomic E-state index is 12.6. The fourth-order valence-corrected chi connectivity index (χ4v) is 4.91. The molecular weight excluding hydrogens is 378 g/mol. The van der Waals surface area contributed by atoms with E-state index in [0.29, 0.717) is 18.7 Å². The molecule has 0 bridgehead atoms. The zero-order valence-corrected chi connectivity index (χ0v) is 16.4. The molecule has 0 saturated carbocycles. The highest BCUT2D eigenvalue weighted by molar-refractivity contribution is 7.89. The number of carbonyl (C=O) groups excluding carboxylic acids is 1. The van der Waals surface area contributed by atoms with Gasteiger partial charge in [0.1, 0.15) is 12.3 Å². The lowest BCUT2D eigenvalue weighted by atomic mass is 10.2. The third-order valence-electron chi connectivity index (χ3n) is 4.96. The van der Waals surface area contributed by atoms with Crippen LogP contribution in [-0.2, 0) is 21.4 Å². The second-order valence-corrected chi connectivity index (χ2v) is 8.72. The van der Waals surface area contributed by atoms with Crippen molar-refractivity contribution in [1.29, 1.82) is 0 Å². The fraction of sp³-hybridized carbons (Fsp3) is 0.300. The van der Waals surface area contributed by atoms with Gasteiger partial charge in [-0.05, 0) is 56.2 Å². The summed E-state index contributed by atoms with van der Waals surface area (Å²) in [7, 11) is -3.49. The highest BCUT2D eigenvalue weighted by atomic mass is 32.2. The molecule has 4 rings (SSSR count). The van der Waals surface area contributed by atoms with Crippen LogP contribution >= 0.6 is 0 Å². The second kappa shape index (κ2) is 7.37. The van der Waals surface area contributed by atoms with Gasteiger partial charge in [-0.2, -0.15) is 4.31 Å². The summed E-state index contributed by atoms with van der Waals surface area (Å²) in [6.07, 6.45) is 3.63. The summed E-state index contributed by atoms with van der Waals surface area (Å²) in [5.41, 5.74) is 2.71. The quantitative estimate of drug-likeness (QED) is 0.616. The molecule has 1 aromatic carbocycles. The number of benzene rings is 1. The summed E-state index contributed by atoms with van der Waals surface area (Å²) < 4.78 is 33.9. The molecule has 146 valence electrons. The van der Waals surface area contributed by atoms with Crippen molar-refractivity contribution in [3.05, 3.63) is 65.6 Å². The predicted octanol–water partition coefficient (Wildman–Crippen LogP) is 2.78. The molecule has 2 aromatic heterocycles. The minimum Gasteiger partial charge on any atom is -0.456 e. The normalized spacial score (nSPS) is 15.2. The monoisotopic (exact) mass is 399 g/mol. The molecule has 0 unspecified atom stereocenters. The average molecular weight is 399 g/mol. The first-order valence-electron chi connectivity index (χ1n) is 9.17. The Bertz CT molecular complexity index is 1110. The largest absolute Gasteiger partial charge is 0.456 e. The lowest BCUT2D eigenvalue weighted by Crippen LogP contribution is -2.27. The number of ether oxygens (including phenoxy) is 1. The van der Waals surface area contributed by atoms with E-state index in [4.69, 9.17) is 4.74 Å². The van der Waals surface area contributed by atoms with Gasteiger partial charge in [0.15, 0.2) is 0 Å². The smallest absolute Gasteiger partial charge is 0.338 e. The summed E-state index contributed by atoms with van der Waals surface area (Å²) in [6, 6.07) is 11.6. The van der Waals surface area contributed by atoms with Crippen molar-refractivity contribution in [2.75, 3.05) is 13.1 Å². The van der Waals surface area contributed by atoms with Crippen LogP contribution < -0.4 is 0 Å². The Kier molecular flexibility index (Phi) is 4.91. The molecule has 1 aliphatic heterocycles. The van der Waals surface area contributed by atoms with Crippen LogP contribution in [-0.4, -0.2) is 41.2 Å². The lowest BCUT2D eigenvalue weighted by Gasteiger charge is -2.15. The van der Waals surface area contributed by atoms with E-state index in [2.05, 4.69) is 4.98 Å². The van der Waals surface area contributed by atoms with Crippen LogP contribution in [0.15, 0.2) is 53.6 Å². The number of aryl methyl sites for hydroxylation is 1. The van der Waals surface area contributed by atoms with Gasteiger partial charge in [0.2, 0.25) is 10.0 Å². The Hall–Kier alpha value is -2.71. The van der Waals surface area contributed by atoms with Crippen molar-refractivity contribution in [3.63, 3.8) is 0 Å². The highest BCUT2D eigenvalue weighted by Gasteiger charge is 2.27. The van der Waals surface area contributed by atoms with Crippen LogP contribution in [0.25, 0.3) is 5.65 Å². The molecule has 0 spiro atoms. The highest BCUT2D eigenvalue weighted by Crippen LogP contribution is 2.21. The van der Waals surface area contributed by atoms with Gasteiger partial charge < -0.3 is 9.14 Å². The molecule has 3 aromatic rings. The molecule has 1 aliphatic rings. The fourth-order valence-electron chi connectivity index (χ4n) is 3.40. The Morgan fingerprint density at radius 2 is 1.82 bits per heavy atom. The third kappa shape index (κ3) is 3.41. The number of sulfonamides is 1. The SMILES string of the molecule is Cc1nc2ccccn2c1COC(=O)c1ccc(S(=O)(=O)N2CCCC2)cc1. The summed E-state index contributed by atoms with van der Waals surface area (Å²) in [5.74, 6) is -0.504. The molecule has 0 atom stereocenters. The number of nitrogens with zero attached hydrogens (tertiary/aromatic N) is 3. The molecule has 8 heteroatoms. The number of hydrogen-bond donors (Lipinski definition) is 0. The lowest BCUT2D eigenvalue weighted by molar-refractivity contribution is 0.0466. The van der Waals surface area contributed by atoms with E-state index < -0.39 is 16.0 Å². The Morgan fingerprint density at radius 3 is 2.54 bits per heavy atom. The molecular formula is C20H21N3O4S. The van der Waals surface area contributed by atoms with Crippen LogP contribution in [0.5, 0.6) is 0 Å². The van der Waals surface area contributed by atoms with Gasteiger partial charge in [-0.25, -0.2) is 18.2 Å². The molecule has 0 amide bonds. The summed E-state index contributed by atoms with van der Waals surface area (Å²) in [4.78, 5) is 17.0. The first-order valence-corrected chi connectivity index (χ1v) is 10.6. The number of imidazole rings is 1. The number of fused-ring (bicyclic) bond motifs is 1. The topological polar surface area (TPSA) is 81.0 Å². The van der Waals surface area contributed by atoms with Gasteiger partial charge >= 0.3 is 5.97 Å². The van der Waals surface area contributed by atoms with Crippen molar-refractivity contribution in [1.82, 2.24) is 13.7 Å². The number of aromatic nitrogens is 2. The van der Waals surface area contributed by atoms with Gasteiger partial charge in [0.05, 0.1) is 21.8 Å². The number of esters is 1. The average Bonchev–Trinajstić information content (AvgIpc) is 3.34. The first kappa shape index (κ1) is 18.6. The van der Waals surface area contributed by atoms with Crippen molar-refractivity contribution in [2.24, 2.45) is 0 Å². The molecule has 0 aliphatic carbocycles. The maximum atomic E-state index is 12.6. The summed E-state index contributed by atoms with van der Waals surface area (Å²) in [5, 5.41) is 0. The molecule has 7 nitrogen and oxygen atoms in total. The van der Waals surface area contributed by atoms with Crippen LogP contribution in [0.2, 0.25) is 0 Å². The van der Waals surface area contributed by atoms with Gasteiger partial charge in [-0.1, -0.05) is 6.07 Å². The van der Waals surface area contributed by atoms with E-state index in [0.717, 1.165) is 29.9 Å². The van der Waals surface area contributed by atoms with E-state index in [1.165, 1.54) is 28.6 Å². The van der Waals surface area contributed by atoms with Crippen molar-refractivity contribution in [3.8, 4) is 0 Å². The number of pyridine rings is 1. The first-order chi connectivity index (χ1) is 13.5. The molecule has 3 heterocycles. The zero-order valence-electron chi connectivity index (χ0n) is 15.5. The number of rotatable bonds is 5. The van der Waals surface area contributed by atoms with Crippen LogP contribution in [0.3, 0.4) is 0 Å². The molecule has 0 N–H and O–H groups in total. The van der Waals surface area contributed by atoms with E-state index in [1.807, 2.05) is 35.7 Å². The van der Waals surface area contributed by atoms with Crippen LogP contribution in [0, 0.1) is 6.92 Å². The summed E-state index contributed by atoms with van der Waals surface area (Å²) in [6.45, 7) is 3.05. The minimum absolute atomic E-state index is 0.0870. The number of hydrogen-bond acceptors (Lipinski definition) is 5. The second-order valence-electron chi connectivity index (χ2n) is 6.78. The Labute approximate surface area is 163 Å². The van der Waals surface area contributed by atoms with Gasteiger partial charge in [-0.3, -0.25) is 0 Å². The van der Waals surface area contributed by atoms with E-state index in [-0.39, 0.29) is 11.5 Å². The maximum Gasteiger partial charge on any atom is 0.338 e. The molecule has 0 radical (unpaired) electrons. The van der Waals surface area contributed by atoms with E-state index in [9.17, 15) is 13.2 Å². The van der Waals surface area contributed by atoms with Crippen molar-refractivity contribution in [2.45, 2.75) is 31.3 Å². The molecule has 1 saturated heterocycles. The van der Waals surface area contributed by atoms with E-state index in [1.54, 1.807) is 0 Å². The molecule has 1 fully saturated rings. The van der Waals surface area contributed by atoms with Gasteiger partial charge in [-0.15, -0.1) is 0 Å². The Morgan fingerprint density at radius 1 is 1.11 bits per heavy atom. The third-order valence-corrected chi connectivity index (χ3v) is 6.87. The zero-order chi connectivity index (χ0) is 19.7. The van der Waals surface area contributed by atoms with Gasteiger partial charge in [0.25, 0.3) is 0 Å². The summed E-state index contributed by atoms with van der Waals surface area (Å²) >= 11 is 0. The van der Waals surface area contributed by atoms with Gasteiger partial charge in [0, 0.05) is 19.3 Å². The van der Waals surface area contributed by atoms with E-state index >= 15 is 0 Å². The minimum atomic E-state index is -3.49. The predicted molar refractivity (Wildman–Crippen MR) is 103 cm³/mol. The van der Waals surface area contributed by atoms with Crippen LogP contribution in [0.4, 0.5) is 0 Å². The van der Waals surface area contributed by atoms with Crippen LogP contribution in [0.1, 0.15) is 34.6 Å².